The summed E-state index contributed by atoms with van der Waals surface area (Å²) < 4.78 is 2.32. The van der Waals surface area contributed by atoms with E-state index >= 15 is 0 Å². The lowest BCUT2D eigenvalue weighted by atomic mass is 9.70. The van der Waals surface area contributed by atoms with Crippen molar-refractivity contribution in [2.75, 3.05) is 5.75 Å². The number of carboxylic acid groups (broad SMARTS) is 1. The van der Waals surface area contributed by atoms with Gasteiger partial charge in [-0.25, -0.2) is 4.98 Å². The van der Waals surface area contributed by atoms with Crippen LogP contribution in [-0.4, -0.2) is 26.4 Å². The van der Waals surface area contributed by atoms with Crippen LogP contribution in [0.25, 0.3) is 10.2 Å². The minimum Gasteiger partial charge on any atom is -0.481 e. The van der Waals surface area contributed by atoms with Crippen LogP contribution in [0.3, 0.4) is 0 Å². The Morgan fingerprint density at radius 1 is 1.57 bits per heavy atom. The Bertz CT molecular complexity index is 746. The van der Waals surface area contributed by atoms with Crippen LogP contribution >= 0.6 is 23.1 Å². The van der Waals surface area contributed by atoms with Crippen LogP contribution in [0.5, 0.6) is 0 Å². The lowest BCUT2D eigenvalue weighted by Gasteiger charge is -2.39. The van der Waals surface area contributed by atoms with Crippen molar-refractivity contribution in [1.29, 1.82) is 0 Å². The Kier molecular flexibility index (Phi) is 3.79. The summed E-state index contributed by atoms with van der Waals surface area (Å²) in [6.07, 6.45) is 3.40. The van der Waals surface area contributed by atoms with Crippen LogP contribution in [0.2, 0.25) is 0 Å². The average molecular weight is 324 g/mol. The second-order valence-corrected chi connectivity index (χ2v) is 7.63. The van der Waals surface area contributed by atoms with Crippen LogP contribution in [0.4, 0.5) is 0 Å². The Morgan fingerprint density at radius 2 is 2.33 bits per heavy atom. The molecular weight excluding hydrogens is 308 g/mol. The van der Waals surface area contributed by atoms with E-state index in [0.717, 1.165) is 24.6 Å². The van der Waals surface area contributed by atoms with Gasteiger partial charge in [0.1, 0.15) is 4.70 Å². The van der Waals surface area contributed by atoms with E-state index in [9.17, 15) is 9.59 Å². The van der Waals surface area contributed by atoms with Gasteiger partial charge in [0, 0.05) is 6.54 Å². The van der Waals surface area contributed by atoms with Crippen molar-refractivity contribution in [2.45, 2.75) is 37.9 Å². The van der Waals surface area contributed by atoms with Crippen molar-refractivity contribution in [2.24, 2.45) is 5.41 Å². The first-order valence-corrected chi connectivity index (χ1v) is 8.68. The van der Waals surface area contributed by atoms with Gasteiger partial charge >= 0.3 is 5.97 Å². The molecule has 0 amide bonds. The van der Waals surface area contributed by atoms with E-state index in [1.807, 2.05) is 11.4 Å². The average Bonchev–Trinajstić information content (AvgIpc) is 2.86. The molecule has 1 aliphatic carbocycles. The van der Waals surface area contributed by atoms with Gasteiger partial charge in [-0.05, 0) is 29.7 Å². The van der Waals surface area contributed by atoms with Crippen LogP contribution in [0.15, 0.2) is 21.4 Å². The molecule has 0 aromatic carbocycles. The minimum atomic E-state index is -0.902. The molecule has 1 aliphatic rings. The normalized spacial score (nSPS) is 16.8. The zero-order valence-electron chi connectivity index (χ0n) is 11.7. The smallest absolute Gasteiger partial charge is 0.313 e. The largest absolute Gasteiger partial charge is 0.481 e. The molecule has 0 aliphatic heterocycles. The Labute approximate surface area is 130 Å². The number of nitrogens with zero attached hydrogens (tertiary/aromatic N) is 2. The number of aliphatic carboxylic acids is 1. The van der Waals surface area contributed by atoms with Gasteiger partial charge in [0.15, 0.2) is 5.16 Å². The molecule has 0 spiro atoms. The minimum absolute atomic E-state index is 0.0454. The van der Waals surface area contributed by atoms with Crippen LogP contribution < -0.4 is 5.56 Å². The molecular formula is C14H16N2O3S2. The van der Waals surface area contributed by atoms with Crippen molar-refractivity contribution in [3.05, 3.63) is 21.8 Å². The number of hydrogen-bond acceptors (Lipinski definition) is 5. The fourth-order valence-corrected chi connectivity index (χ4v) is 4.12. The third-order valence-corrected chi connectivity index (χ3v) is 5.81. The first-order chi connectivity index (χ1) is 9.98. The maximum atomic E-state index is 12.6. The van der Waals surface area contributed by atoms with Gasteiger partial charge in [-0.2, -0.15) is 0 Å². The number of carbonyl (C=O) groups is 1. The summed E-state index contributed by atoms with van der Waals surface area (Å²) in [4.78, 5) is 27.9. The second-order valence-electron chi connectivity index (χ2n) is 5.77. The molecule has 5 nitrogen and oxygen atoms in total. The van der Waals surface area contributed by atoms with E-state index in [4.69, 9.17) is 5.11 Å². The lowest BCUT2D eigenvalue weighted by molar-refractivity contribution is -0.133. The zero-order valence-corrected chi connectivity index (χ0v) is 13.3. The van der Waals surface area contributed by atoms with Crippen molar-refractivity contribution < 1.29 is 9.90 Å². The monoisotopic (exact) mass is 324 g/mol. The number of hydrogen-bond donors (Lipinski definition) is 1. The number of aromatic nitrogens is 2. The van der Waals surface area contributed by atoms with E-state index in [0.29, 0.717) is 21.9 Å². The number of rotatable bonds is 5. The predicted molar refractivity (Wildman–Crippen MR) is 84.2 cm³/mol. The summed E-state index contributed by atoms with van der Waals surface area (Å²) in [5, 5.41) is 11.2. The quantitative estimate of drug-likeness (QED) is 0.676. The van der Waals surface area contributed by atoms with Crippen molar-refractivity contribution in [3.63, 3.8) is 0 Å². The SMILES string of the molecule is CC1(Cn2c(SCC(=O)O)nc3ccsc3c2=O)CCC1. The van der Waals surface area contributed by atoms with E-state index in [-0.39, 0.29) is 16.7 Å². The van der Waals surface area contributed by atoms with Gasteiger partial charge in [0.05, 0.1) is 11.3 Å². The molecule has 2 aromatic heterocycles. The first kappa shape index (κ1) is 14.6. The molecule has 3 rings (SSSR count). The lowest BCUT2D eigenvalue weighted by Crippen LogP contribution is -2.36. The zero-order chi connectivity index (χ0) is 15.0. The molecule has 112 valence electrons. The molecule has 7 heteroatoms. The molecule has 0 radical (unpaired) electrons. The Hall–Kier alpha value is -1.34. The highest BCUT2D eigenvalue weighted by Crippen LogP contribution is 2.42. The second kappa shape index (κ2) is 5.46. The highest BCUT2D eigenvalue weighted by molar-refractivity contribution is 7.99. The molecule has 1 fully saturated rings. The molecule has 1 N–H and O–H groups in total. The highest BCUT2D eigenvalue weighted by Gasteiger charge is 2.33. The standard InChI is InChI=1S/C14H16N2O3S2/c1-14(4-2-5-14)8-16-12(19)11-9(3-6-20-11)15-13(16)21-7-10(17)18/h3,6H,2,4-5,7-8H2,1H3,(H,17,18). The molecule has 0 atom stereocenters. The van der Waals surface area contributed by atoms with E-state index in [1.54, 1.807) is 4.57 Å². The Balaban J connectivity index is 2.04. The van der Waals surface area contributed by atoms with E-state index in [1.165, 1.54) is 17.8 Å². The van der Waals surface area contributed by atoms with E-state index in [2.05, 4.69) is 11.9 Å². The molecule has 21 heavy (non-hydrogen) atoms. The topological polar surface area (TPSA) is 72.2 Å². The number of thiophene rings is 1. The Morgan fingerprint density at radius 3 is 2.95 bits per heavy atom. The first-order valence-electron chi connectivity index (χ1n) is 6.81. The number of carboxylic acids is 1. The van der Waals surface area contributed by atoms with E-state index < -0.39 is 5.97 Å². The molecule has 0 bridgehead atoms. The maximum Gasteiger partial charge on any atom is 0.313 e. The van der Waals surface area contributed by atoms with Gasteiger partial charge in [0.25, 0.3) is 5.56 Å². The van der Waals surface area contributed by atoms with Gasteiger partial charge in [-0.15, -0.1) is 11.3 Å². The highest BCUT2D eigenvalue weighted by atomic mass is 32.2. The van der Waals surface area contributed by atoms with Crippen LogP contribution in [0, 0.1) is 5.41 Å². The molecule has 2 aromatic rings. The van der Waals surface area contributed by atoms with Crippen molar-refractivity contribution >= 4 is 39.3 Å². The fraction of sp³-hybridized carbons (Fsp3) is 0.500. The summed E-state index contributed by atoms with van der Waals surface area (Å²) in [7, 11) is 0. The van der Waals surface area contributed by atoms with Crippen LogP contribution in [0.1, 0.15) is 26.2 Å². The molecule has 2 heterocycles. The summed E-state index contributed by atoms with van der Waals surface area (Å²) in [6.45, 7) is 2.79. The predicted octanol–water partition coefficient (Wildman–Crippen LogP) is 2.82. The van der Waals surface area contributed by atoms with Gasteiger partial charge in [0.2, 0.25) is 0 Å². The van der Waals surface area contributed by atoms with Crippen molar-refractivity contribution in [3.8, 4) is 0 Å². The fourth-order valence-electron chi connectivity index (χ4n) is 2.62. The summed E-state index contributed by atoms with van der Waals surface area (Å²) in [6, 6.07) is 1.81. The number of fused-ring (bicyclic) bond motifs is 1. The third-order valence-electron chi connectivity index (χ3n) is 3.96. The molecule has 0 unspecified atom stereocenters. The molecule has 1 saturated carbocycles. The summed E-state index contributed by atoms with van der Waals surface area (Å²) in [5.41, 5.74) is 0.749. The van der Waals surface area contributed by atoms with Gasteiger partial charge < -0.3 is 5.11 Å². The van der Waals surface area contributed by atoms with Crippen molar-refractivity contribution in [1.82, 2.24) is 9.55 Å². The van der Waals surface area contributed by atoms with Gasteiger partial charge in [-0.3, -0.25) is 14.2 Å². The summed E-state index contributed by atoms with van der Waals surface area (Å²) >= 11 is 2.51. The van der Waals surface area contributed by atoms with Gasteiger partial charge in [-0.1, -0.05) is 25.1 Å². The summed E-state index contributed by atoms with van der Waals surface area (Å²) in [5.74, 6) is -0.986. The van der Waals surface area contributed by atoms with Crippen LogP contribution in [-0.2, 0) is 11.3 Å². The third kappa shape index (κ3) is 2.85. The maximum absolute atomic E-state index is 12.6. The molecule has 0 saturated heterocycles. The number of thioether (sulfide) groups is 1.